The number of nitrogens with two attached hydrogens (primary N) is 1. The van der Waals surface area contributed by atoms with E-state index in [1.807, 2.05) is 10.9 Å². The van der Waals surface area contributed by atoms with Crippen LogP contribution in [0, 0.1) is 5.82 Å². The van der Waals surface area contributed by atoms with E-state index in [0.29, 0.717) is 23.0 Å². The van der Waals surface area contributed by atoms with Crippen LogP contribution in [0.2, 0.25) is 0 Å². The predicted molar refractivity (Wildman–Crippen MR) is 85.7 cm³/mol. The van der Waals surface area contributed by atoms with Crippen LogP contribution in [-0.4, -0.2) is 39.7 Å². The number of hydrogen-bond acceptors (Lipinski definition) is 3. The number of rotatable bonds is 3. The molecule has 2 aromatic rings. The number of fused-ring (bicyclic) bond motifs is 1. The molecule has 122 valence electrons. The molecule has 1 aromatic carbocycles. The van der Waals surface area contributed by atoms with Gasteiger partial charge in [0.2, 0.25) is 0 Å². The van der Waals surface area contributed by atoms with Crippen molar-refractivity contribution in [3.05, 3.63) is 29.7 Å². The fourth-order valence-corrected chi connectivity index (χ4v) is 3.85. The Morgan fingerprint density at radius 2 is 1.91 bits per heavy atom. The Morgan fingerprint density at radius 3 is 2.61 bits per heavy atom. The van der Waals surface area contributed by atoms with Gasteiger partial charge in [-0.1, -0.05) is 6.42 Å². The van der Waals surface area contributed by atoms with E-state index in [1.54, 1.807) is 0 Å². The number of halogens is 1. The number of primary amides is 1. The predicted octanol–water partition coefficient (Wildman–Crippen LogP) is 2.46. The highest BCUT2D eigenvalue weighted by molar-refractivity contribution is 6.04. The third-order valence-corrected chi connectivity index (χ3v) is 5.23. The van der Waals surface area contributed by atoms with Gasteiger partial charge in [0, 0.05) is 17.6 Å². The average Bonchev–Trinajstić information content (AvgIpc) is 2.89. The Kier molecular flexibility index (Phi) is 3.56. The van der Waals surface area contributed by atoms with E-state index in [0.717, 1.165) is 12.8 Å². The van der Waals surface area contributed by atoms with Gasteiger partial charge in [0.05, 0.1) is 11.6 Å². The number of aromatic nitrogens is 2. The first-order chi connectivity index (χ1) is 11.1. The van der Waals surface area contributed by atoms with Crippen molar-refractivity contribution in [1.29, 1.82) is 0 Å². The first-order valence-corrected chi connectivity index (χ1v) is 8.34. The molecule has 0 bridgehead atoms. The topological polar surface area (TPSA) is 64.2 Å². The van der Waals surface area contributed by atoms with Crippen LogP contribution in [0.15, 0.2) is 18.3 Å². The normalized spacial score (nSPS) is 25.4. The monoisotopic (exact) mass is 316 g/mol. The average molecular weight is 316 g/mol. The molecule has 2 heterocycles. The summed E-state index contributed by atoms with van der Waals surface area (Å²) in [5.41, 5.74) is 6.00. The highest BCUT2D eigenvalue weighted by Gasteiger charge is 2.35. The molecular weight excluding hydrogens is 295 g/mol. The molecule has 1 aromatic heterocycles. The van der Waals surface area contributed by atoms with E-state index in [-0.39, 0.29) is 5.56 Å². The van der Waals surface area contributed by atoms with E-state index in [2.05, 4.69) is 10.00 Å². The largest absolute Gasteiger partial charge is 0.366 e. The van der Waals surface area contributed by atoms with Gasteiger partial charge in [0.1, 0.15) is 11.3 Å². The maximum atomic E-state index is 13.6. The Bertz CT molecular complexity index is 744. The van der Waals surface area contributed by atoms with Gasteiger partial charge in [0.25, 0.3) is 5.91 Å². The Balaban J connectivity index is 1.54. The number of hydrogen-bond donors (Lipinski definition) is 1. The van der Waals surface area contributed by atoms with Gasteiger partial charge in [0.15, 0.2) is 0 Å². The van der Waals surface area contributed by atoms with Crippen molar-refractivity contribution in [1.82, 2.24) is 14.7 Å². The lowest BCUT2D eigenvalue weighted by atomic mass is 9.84. The molecule has 5 nitrogen and oxygen atoms in total. The maximum absolute atomic E-state index is 13.6. The number of benzene rings is 1. The summed E-state index contributed by atoms with van der Waals surface area (Å²) < 4.78 is 15.5. The smallest absolute Gasteiger partial charge is 0.251 e. The van der Waals surface area contributed by atoms with Gasteiger partial charge in [-0.2, -0.15) is 5.10 Å². The Morgan fingerprint density at radius 1 is 1.17 bits per heavy atom. The molecule has 4 rings (SSSR count). The fourth-order valence-electron chi connectivity index (χ4n) is 3.85. The van der Waals surface area contributed by atoms with Gasteiger partial charge in [-0.3, -0.25) is 9.48 Å². The van der Waals surface area contributed by atoms with Gasteiger partial charge in [-0.15, -0.1) is 0 Å². The van der Waals surface area contributed by atoms with Crippen molar-refractivity contribution in [2.24, 2.45) is 5.73 Å². The summed E-state index contributed by atoms with van der Waals surface area (Å²) in [5, 5.41) is 5.15. The third kappa shape index (κ3) is 2.61. The molecule has 1 amide bonds. The standard InChI is InChI=1S/C17H21FN4O/c18-12-6-11-10-22(20-16(11)15(7-12)17(19)23)14-8-13(9-14)21-4-2-1-3-5-21/h6-7,10,13-14H,1-5,8-9H2,(H2,19,23). The van der Waals surface area contributed by atoms with E-state index in [1.165, 1.54) is 44.5 Å². The lowest BCUT2D eigenvalue weighted by Gasteiger charge is -2.44. The molecular formula is C17H21FN4O. The summed E-state index contributed by atoms with van der Waals surface area (Å²) >= 11 is 0. The van der Waals surface area contributed by atoms with Crippen LogP contribution in [0.4, 0.5) is 4.39 Å². The quantitative estimate of drug-likeness (QED) is 0.946. The number of nitrogens with zero attached hydrogens (tertiary/aromatic N) is 3. The summed E-state index contributed by atoms with van der Waals surface area (Å²) in [4.78, 5) is 14.1. The fraction of sp³-hybridized carbons (Fsp3) is 0.529. The molecule has 1 aliphatic carbocycles. The van der Waals surface area contributed by atoms with Crippen LogP contribution in [0.1, 0.15) is 48.5 Å². The second kappa shape index (κ2) is 5.60. The molecule has 2 aliphatic rings. The van der Waals surface area contributed by atoms with Gasteiger partial charge < -0.3 is 10.6 Å². The lowest BCUT2D eigenvalue weighted by molar-refractivity contribution is 0.0623. The number of likely N-dealkylation sites (tertiary alicyclic amines) is 1. The zero-order chi connectivity index (χ0) is 16.0. The van der Waals surface area contributed by atoms with E-state index < -0.39 is 11.7 Å². The zero-order valence-electron chi connectivity index (χ0n) is 13.0. The van der Waals surface area contributed by atoms with Crippen LogP contribution in [0.5, 0.6) is 0 Å². The maximum Gasteiger partial charge on any atom is 0.251 e. The van der Waals surface area contributed by atoms with Crippen molar-refractivity contribution in [3.63, 3.8) is 0 Å². The summed E-state index contributed by atoms with van der Waals surface area (Å²) in [7, 11) is 0. The second-order valence-electron chi connectivity index (χ2n) is 6.74. The van der Waals surface area contributed by atoms with Gasteiger partial charge in [-0.25, -0.2) is 4.39 Å². The number of piperidine rings is 1. The molecule has 1 aliphatic heterocycles. The SMILES string of the molecule is NC(=O)c1cc(F)cc2cn(C3CC(N4CCCCC4)C3)nc12. The minimum Gasteiger partial charge on any atom is -0.366 e. The third-order valence-electron chi connectivity index (χ3n) is 5.23. The first kappa shape index (κ1) is 14.6. The van der Waals surface area contributed by atoms with Crippen molar-refractivity contribution >= 4 is 16.8 Å². The minimum atomic E-state index is -0.639. The number of carbonyl (C=O) groups is 1. The molecule has 1 saturated heterocycles. The molecule has 2 N–H and O–H groups in total. The molecule has 0 radical (unpaired) electrons. The van der Waals surface area contributed by atoms with E-state index in [4.69, 9.17) is 5.73 Å². The number of amides is 1. The van der Waals surface area contributed by atoms with Crippen LogP contribution < -0.4 is 5.73 Å². The molecule has 1 saturated carbocycles. The summed E-state index contributed by atoms with van der Waals surface area (Å²) in [5.74, 6) is -1.09. The van der Waals surface area contributed by atoms with E-state index >= 15 is 0 Å². The minimum absolute atomic E-state index is 0.158. The summed E-state index contributed by atoms with van der Waals surface area (Å²) in [6.45, 7) is 2.41. The van der Waals surface area contributed by atoms with Crippen molar-refractivity contribution in [3.8, 4) is 0 Å². The van der Waals surface area contributed by atoms with E-state index in [9.17, 15) is 9.18 Å². The molecule has 2 fully saturated rings. The summed E-state index contributed by atoms with van der Waals surface area (Å²) in [6.07, 6.45) is 7.92. The molecule has 0 unspecified atom stereocenters. The molecule has 23 heavy (non-hydrogen) atoms. The Hall–Kier alpha value is -1.95. The lowest BCUT2D eigenvalue weighted by Crippen LogP contribution is -2.47. The Labute approximate surface area is 134 Å². The van der Waals surface area contributed by atoms with Crippen LogP contribution in [0.25, 0.3) is 10.9 Å². The van der Waals surface area contributed by atoms with Crippen molar-refractivity contribution in [2.75, 3.05) is 13.1 Å². The van der Waals surface area contributed by atoms with Gasteiger partial charge >= 0.3 is 0 Å². The zero-order valence-corrected chi connectivity index (χ0v) is 13.0. The first-order valence-electron chi connectivity index (χ1n) is 8.34. The van der Waals surface area contributed by atoms with Crippen molar-refractivity contribution < 1.29 is 9.18 Å². The van der Waals surface area contributed by atoms with Crippen LogP contribution in [0.3, 0.4) is 0 Å². The highest BCUT2D eigenvalue weighted by atomic mass is 19.1. The molecule has 0 spiro atoms. The van der Waals surface area contributed by atoms with Crippen LogP contribution in [-0.2, 0) is 0 Å². The second-order valence-corrected chi connectivity index (χ2v) is 6.74. The van der Waals surface area contributed by atoms with Gasteiger partial charge in [-0.05, 0) is 50.9 Å². The van der Waals surface area contributed by atoms with Crippen molar-refractivity contribution in [2.45, 2.75) is 44.2 Å². The molecule has 0 atom stereocenters. The summed E-state index contributed by atoms with van der Waals surface area (Å²) in [6, 6.07) is 3.55. The highest BCUT2D eigenvalue weighted by Crippen LogP contribution is 2.37. The molecule has 6 heteroatoms. The number of carbonyl (C=O) groups excluding carboxylic acids is 1. The van der Waals surface area contributed by atoms with Crippen LogP contribution >= 0.6 is 0 Å².